The minimum atomic E-state index is 1.15. The Morgan fingerprint density at radius 1 is 1.17 bits per heavy atom. The lowest BCUT2D eigenvalue weighted by Gasteiger charge is -1.79. The molecule has 66 valence electrons. The number of allylic oxidation sites excluding steroid dienone is 5. The Labute approximate surface area is 75.2 Å². The second kappa shape index (κ2) is 9.76. The summed E-state index contributed by atoms with van der Waals surface area (Å²) in [4.78, 5) is 0. The predicted octanol–water partition coefficient (Wildman–Crippen LogP) is 3.15. The van der Waals surface area contributed by atoms with Crippen LogP contribution < -0.4 is 5.32 Å². The van der Waals surface area contributed by atoms with Crippen LogP contribution in [0.3, 0.4) is 0 Å². The predicted molar refractivity (Wildman–Crippen MR) is 55.7 cm³/mol. The maximum atomic E-state index is 3.55. The van der Waals surface area contributed by atoms with E-state index < -0.39 is 0 Å². The van der Waals surface area contributed by atoms with Crippen LogP contribution in [0.1, 0.15) is 19.8 Å². The van der Waals surface area contributed by atoms with Crippen LogP contribution in [-0.2, 0) is 0 Å². The Morgan fingerprint density at radius 2 is 1.75 bits per heavy atom. The summed E-state index contributed by atoms with van der Waals surface area (Å²) in [5, 5.41) is 2.92. The molecule has 0 atom stereocenters. The molecular formula is C11H17N. The van der Waals surface area contributed by atoms with Crippen molar-refractivity contribution in [2.45, 2.75) is 19.8 Å². The number of rotatable bonds is 2. The van der Waals surface area contributed by atoms with E-state index in [-0.39, 0.29) is 0 Å². The first-order valence-corrected chi connectivity index (χ1v) is 4.27. The van der Waals surface area contributed by atoms with Gasteiger partial charge in [0.05, 0.1) is 0 Å². The molecule has 0 saturated carbocycles. The number of unbranched alkanes of at least 4 members (excludes halogenated alkanes) is 1. The van der Waals surface area contributed by atoms with Gasteiger partial charge in [-0.25, -0.2) is 0 Å². The van der Waals surface area contributed by atoms with Crippen molar-refractivity contribution in [2.24, 2.45) is 0 Å². The van der Waals surface area contributed by atoms with Crippen LogP contribution in [0.15, 0.2) is 49.4 Å². The van der Waals surface area contributed by atoms with Gasteiger partial charge in [0, 0.05) is 12.4 Å². The Hall–Kier alpha value is -1.24. The molecule has 0 aliphatic carbocycles. The highest BCUT2D eigenvalue weighted by Gasteiger charge is 1.67. The standard InChI is InChI=1S/C6H7N.C5H10/c1-2-4-6-7-5-3-1;1-3-5-4-2/h1-7H;3H,1,4-5H2,2H3. The molecule has 1 aliphatic rings. The summed E-state index contributed by atoms with van der Waals surface area (Å²) >= 11 is 0. The SMILES string of the molecule is C1=CC=CNC=C1.C=CCCC. The van der Waals surface area contributed by atoms with Gasteiger partial charge in [0.2, 0.25) is 0 Å². The molecule has 0 bridgehead atoms. The molecule has 0 aromatic heterocycles. The zero-order valence-electron chi connectivity index (χ0n) is 7.66. The highest BCUT2D eigenvalue weighted by atomic mass is 14.8. The van der Waals surface area contributed by atoms with Gasteiger partial charge >= 0.3 is 0 Å². The van der Waals surface area contributed by atoms with E-state index in [4.69, 9.17) is 0 Å². The Bertz CT molecular complexity index is 161. The summed E-state index contributed by atoms with van der Waals surface area (Å²) in [6.07, 6.45) is 15.9. The summed E-state index contributed by atoms with van der Waals surface area (Å²) in [6.45, 7) is 5.69. The van der Waals surface area contributed by atoms with Crippen molar-refractivity contribution in [3.8, 4) is 0 Å². The number of hydrogen-bond donors (Lipinski definition) is 1. The Morgan fingerprint density at radius 3 is 2.08 bits per heavy atom. The van der Waals surface area contributed by atoms with Crippen LogP contribution in [0.2, 0.25) is 0 Å². The van der Waals surface area contributed by atoms with Crippen LogP contribution >= 0.6 is 0 Å². The van der Waals surface area contributed by atoms with E-state index in [1.807, 2.05) is 42.8 Å². The van der Waals surface area contributed by atoms with Crippen molar-refractivity contribution in [3.63, 3.8) is 0 Å². The van der Waals surface area contributed by atoms with Crippen molar-refractivity contribution >= 4 is 0 Å². The minimum absolute atomic E-state index is 1.15. The molecule has 1 rings (SSSR count). The average Bonchev–Trinajstić information content (AvgIpc) is 2.37. The molecule has 0 aromatic carbocycles. The first-order valence-electron chi connectivity index (χ1n) is 4.27. The number of hydrogen-bond acceptors (Lipinski definition) is 1. The van der Waals surface area contributed by atoms with Gasteiger partial charge in [0.25, 0.3) is 0 Å². The molecule has 0 saturated heterocycles. The van der Waals surface area contributed by atoms with Gasteiger partial charge < -0.3 is 5.32 Å². The molecule has 0 amide bonds. The maximum absolute atomic E-state index is 3.55. The summed E-state index contributed by atoms with van der Waals surface area (Å²) in [7, 11) is 0. The third-order valence-electron chi connectivity index (χ3n) is 1.21. The van der Waals surface area contributed by atoms with Gasteiger partial charge in [-0.2, -0.15) is 0 Å². The molecule has 0 spiro atoms. The first-order chi connectivity index (χ1) is 5.91. The molecule has 12 heavy (non-hydrogen) atoms. The average molecular weight is 163 g/mol. The van der Waals surface area contributed by atoms with Crippen molar-refractivity contribution in [3.05, 3.63) is 49.4 Å². The lowest BCUT2D eigenvalue weighted by atomic mass is 10.3. The van der Waals surface area contributed by atoms with E-state index in [1.165, 1.54) is 6.42 Å². The summed E-state index contributed by atoms with van der Waals surface area (Å²) in [6, 6.07) is 0. The summed E-state index contributed by atoms with van der Waals surface area (Å²) < 4.78 is 0. The van der Waals surface area contributed by atoms with Gasteiger partial charge in [-0.3, -0.25) is 0 Å². The van der Waals surface area contributed by atoms with Crippen molar-refractivity contribution < 1.29 is 0 Å². The van der Waals surface area contributed by atoms with Gasteiger partial charge in [-0.15, -0.1) is 6.58 Å². The fraction of sp³-hybridized carbons (Fsp3) is 0.273. The molecule has 0 fully saturated rings. The second-order valence-corrected chi connectivity index (χ2v) is 2.35. The highest BCUT2D eigenvalue weighted by molar-refractivity contribution is 5.14. The van der Waals surface area contributed by atoms with Crippen molar-refractivity contribution in [1.29, 1.82) is 0 Å². The maximum Gasteiger partial charge on any atom is 0.000442 e. The fourth-order valence-electron chi connectivity index (χ4n) is 0.610. The summed E-state index contributed by atoms with van der Waals surface area (Å²) in [5.74, 6) is 0. The highest BCUT2D eigenvalue weighted by Crippen LogP contribution is 1.82. The Kier molecular flexibility index (Phi) is 8.75. The molecule has 1 nitrogen and oxygen atoms in total. The lowest BCUT2D eigenvalue weighted by Crippen LogP contribution is -1.87. The molecule has 0 aromatic rings. The Balaban J connectivity index is 0.000000217. The molecule has 1 heterocycles. The lowest BCUT2D eigenvalue weighted by molar-refractivity contribution is 0.961. The van der Waals surface area contributed by atoms with Gasteiger partial charge in [0.15, 0.2) is 0 Å². The largest absolute Gasteiger partial charge is 0.368 e. The van der Waals surface area contributed by atoms with E-state index in [0.717, 1.165) is 6.42 Å². The monoisotopic (exact) mass is 163 g/mol. The number of nitrogens with one attached hydrogen (secondary N) is 1. The molecule has 0 radical (unpaired) electrons. The zero-order chi connectivity index (χ0) is 9.07. The molecule has 1 N–H and O–H groups in total. The molecule has 1 aliphatic heterocycles. The minimum Gasteiger partial charge on any atom is -0.368 e. The van der Waals surface area contributed by atoms with Crippen LogP contribution in [0, 0.1) is 0 Å². The van der Waals surface area contributed by atoms with Crippen LogP contribution in [0.25, 0.3) is 0 Å². The second-order valence-electron chi connectivity index (χ2n) is 2.35. The first kappa shape index (κ1) is 10.8. The third kappa shape index (κ3) is 8.76. The summed E-state index contributed by atoms with van der Waals surface area (Å²) in [5.41, 5.74) is 0. The van der Waals surface area contributed by atoms with Crippen molar-refractivity contribution in [2.75, 3.05) is 0 Å². The van der Waals surface area contributed by atoms with Crippen molar-refractivity contribution in [1.82, 2.24) is 5.32 Å². The zero-order valence-corrected chi connectivity index (χ0v) is 7.66. The van der Waals surface area contributed by atoms with Crippen LogP contribution in [0.5, 0.6) is 0 Å². The third-order valence-corrected chi connectivity index (χ3v) is 1.21. The fourth-order valence-corrected chi connectivity index (χ4v) is 0.610. The molecular weight excluding hydrogens is 146 g/mol. The topological polar surface area (TPSA) is 12.0 Å². The molecule has 0 unspecified atom stereocenters. The van der Waals surface area contributed by atoms with Gasteiger partial charge in [0.1, 0.15) is 0 Å². The van der Waals surface area contributed by atoms with E-state index in [9.17, 15) is 0 Å². The van der Waals surface area contributed by atoms with Crippen LogP contribution in [-0.4, -0.2) is 0 Å². The quantitative estimate of drug-likeness (QED) is 0.617. The van der Waals surface area contributed by atoms with E-state index >= 15 is 0 Å². The van der Waals surface area contributed by atoms with E-state index in [1.54, 1.807) is 0 Å². The smallest absolute Gasteiger partial charge is 0.000442 e. The normalized spacial score (nSPS) is 12.4. The van der Waals surface area contributed by atoms with Gasteiger partial charge in [-0.1, -0.05) is 31.6 Å². The van der Waals surface area contributed by atoms with E-state index in [0.29, 0.717) is 0 Å². The molecule has 1 heteroatoms. The van der Waals surface area contributed by atoms with Gasteiger partial charge in [-0.05, 0) is 18.6 Å². The van der Waals surface area contributed by atoms with Crippen LogP contribution in [0.4, 0.5) is 0 Å². The van der Waals surface area contributed by atoms with E-state index in [2.05, 4.69) is 18.8 Å².